The molecule has 0 spiro atoms. The molecule has 0 saturated carbocycles. The number of rotatable bonds is 1. The van der Waals surface area contributed by atoms with Gasteiger partial charge in [-0.05, 0) is 24.3 Å². The Balaban J connectivity index is 2.41. The molecule has 0 bridgehead atoms. The number of methoxy groups -OCH3 is 1. The molecule has 0 atom stereocenters. The number of nitrogens with zero attached hydrogens (tertiary/aromatic N) is 2. The minimum Gasteiger partial charge on any atom is -0.497 e. The number of benzene rings is 1. The van der Waals surface area contributed by atoms with E-state index < -0.39 is 10.0 Å². The molecule has 0 N–H and O–H groups in total. The van der Waals surface area contributed by atoms with Crippen molar-refractivity contribution in [2.75, 3.05) is 18.5 Å². The van der Waals surface area contributed by atoms with Crippen LogP contribution in [0, 0.1) is 0 Å². The Hall–Kier alpha value is -1.95. The van der Waals surface area contributed by atoms with Crippen LogP contribution < -0.4 is 9.04 Å². The molecule has 1 aliphatic heterocycles. The van der Waals surface area contributed by atoms with Crippen LogP contribution in [-0.4, -0.2) is 27.1 Å². The zero-order valence-corrected chi connectivity index (χ0v) is 11.7. The highest BCUT2D eigenvalue weighted by molar-refractivity contribution is 7.95. The van der Waals surface area contributed by atoms with Crippen LogP contribution in [-0.2, 0) is 17.1 Å². The molecule has 0 aliphatic carbocycles. The Morgan fingerprint density at radius 1 is 1.21 bits per heavy atom. The molecule has 3 rings (SSSR count). The van der Waals surface area contributed by atoms with Gasteiger partial charge in [0.1, 0.15) is 11.6 Å². The third-order valence-electron chi connectivity index (χ3n) is 3.50. The van der Waals surface area contributed by atoms with Gasteiger partial charge in [0.2, 0.25) is 0 Å². The van der Waals surface area contributed by atoms with Crippen molar-refractivity contribution < 1.29 is 13.2 Å². The van der Waals surface area contributed by atoms with Crippen LogP contribution in [0.2, 0.25) is 0 Å². The summed E-state index contributed by atoms with van der Waals surface area (Å²) in [5, 5.41) is 2.21. The molecule has 1 aromatic heterocycles. The summed E-state index contributed by atoms with van der Waals surface area (Å²) in [6.45, 7) is 0. The molecule has 2 heterocycles. The Morgan fingerprint density at radius 2 is 1.95 bits per heavy atom. The second-order valence-corrected chi connectivity index (χ2v) is 6.34. The van der Waals surface area contributed by atoms with Crippen molar-refractivity contribution in [1.29, 1.82) is 0 Å². The minimum atomic E-state index is -3.36. The van der Waals surface area contributed by atoms with E-state index in [1.807, 2.05) is 29.8 Å². The van der Waals surface area contributed by atoms with E-state index in [0.29, 0.717) is 5.82 Å². The minimum absolute atomic E-state index is 0.672. The van der Waals surface area contributed by atoms with Gasteiger partial charge in [0.05, 0.1) is 18.0 Å². The van der Waals surface area contributed by atoms with Gasteiger partial charge in [-0.1, -0.05) is 0 Å². The average molecular weight is 278 g/mol. The molecular formula is C13H14N2O3S. The fraction of sp³-hybridized carbons (Fsp3) is 0.231. The van der Waals surface area contributed by atoms with Crippen LogP contribution in [0.3, 0.4) is 0 Å². The standard InChI is InChI=1S/C13H14N2O3S/c1-14-12-5-4-9(18-3)8-11(12)10-6-7-19(16,17)15(2)13(10)14/h4-8H,1-3H3. The molecule has 2 aromatic rings. The van der Waals surface area contributed by atoms with Crippen molar-refractivity contribution in [1.82, 2.24) is 4.57 Å². The molecule has 100 valence electrons. The van der Waals surface area contributed by atoms with Gasteiger partial charge in [0.25, 0.3) is 10.0 Å². The molecule has 6 heteroatoms. The van der Waals surface area contributed by atoms with Gasteiger partial charge in [0.15, 0.2) is 0 Å². The zero-order chi connectivity index (χ0) is 13.8. The lowest BCUT2D eigenvalue weighted by Crippen LogP contribution is -2.28. The first-order valence-corrected chi connectivity index (χ1v) is 7.29. The summed E-state index contributed by atoms with van der Waals surface area (Å²) in [5.41, 5.74) is 1.87. The summed E-state index contributed by atoms with van der Waals surface area (Å²) in [6, 6.07) is 5.72. The zero-order valence-electron chi connectivity index (χ0n) is 10.9. The largest absolute Gasteiger partial charge is 0.497 e. The summed E-state index contributed by atoms with van der Waals surface area (Å²) in [6.07, 6.45) is 1.65. The van der Waals surface area contributed by atoms with Gasteiger partial charge in [-0.15, -0.1) is 0 Å². The number of hydrogen-bond donors (Lipinski definition) is 0. The molecule has 1 aliphatic rings. The number of fused-ring (bicyclic) bond motifs is 3. The summed E-state index contributed by atoms with van der Waals surface area (Å²) in [5.74, 6) is 1.43. The van der Waals surface area contributed by atoms with Gasteiger partial charge in [-0.3, -0.25) is 4.31 Å². The first kappa shape index (κ1) is 12.1. The smallest absolute Gasteiger partial charge is 0.258 e. The quantitative estimate of drug-likeness (QED) is 0.801. The van der Waals surface area contributed by atoms with Crippen molar-refractivity contribution in [3.05, 3.63) is 29.2 Å². The van der Waals surface area contributed by atoms with E-state index in [9.17, 15) is 8.42 Å². The first-order chi connectivity index (χ1) is 8.95. The monoisotopic (exact) mass is 278 g/mol. The van der Waals surface area contributed by atoms with E-state index >= 15 is 0 Å². The highest BCUT2D eigenvalue weighted by Gasteiger charge is 2.27. The topological polar surface area (TPSA) is 51.5 Å². The summed E-state index contributed by atoms with van der Waals surface area (Å²) < 4.78 is 32.2. The Bertz CT molecular complexity index is 803. The summed E-state index contributed by atoms with van der Waals surface area (Å²) in [7, 11) is 1.68. The van der Waals surface area contributed by atoms with Gasteiger partial charge in [-0.25, -0.2) is 8.42 Å². The van der Waals surface area contributed by atoms with Crippen molar-refractivity contribution in [2.24, 2.45) is 7.05 Å². The fourth-order valence-corrected chi connectivity index (χ4v) is 3.43. The summed E-state index contributed by atoms with van der Waals surface area (Å²) in [4.78, 5) is 0. The molecule has 0 unspecified atom stereocenters. The fourth-order valence-electron chi connectivity index (χ4n) is 2.48. The second kappa shape index (κ2) is 3.77. The normalized spacial score (nSPS) is 16.7. The first-order valence-electron chi connectivity index (χ1n) is 5.79. The Labute approximate surface area is 111 Å². The highest BCUT2D eigenvalue weighted by atomic mass is 32.2. The predicted octanol–water partition coefficient (Wildman–Crippen LogP) is 1.94. The molecular weight excluding hydrogens is 264 g/mol. The number of aryl methyl sites for hydroxylation is 1. The Morgan fingerprint density at radius 3 is 2.63 bits per heavy atom. The number of ether oxygens (including phenoxy) is 1. The maximum absolute atomic E-state index is 11.9. The van der Waals surface area contributed by atoms with Crippen LogP contribution >= 0.6 is 0 Å². The van der Waals surface area contributed by atoms with Crippen molar-refractivity contribution in [2.45, 2.75) is 0 Å². The van der Waals surface area contributed by atoms with E-state index in [1.54, 1.807) is 20.2 Å². The van der Waals surface area contributed by atoms with Crippen molar-refractivity contribution in [3.8, 4) is 5.75 Å². The third-order valence-corrected chi connectivity index (χ3v) is 4.92. The predicted molar refractivity (Wildman–Crippen MR) is 75.8 cm³/mol. The molecule has 0 radical (unpaired) electrons. The SMILES string of the molecule is COc1ccc2c(c1)c1c(n2C)N(C)S(=O)(=O)C=C1. The Kier molecular flexibility index (Phi) is 2.40. The maximum atomic E-state index is 11.9. The number of sulfonamides is 1. The van der Waals surface area contributed by atoms with Crippen LogP contribution in [0.15, 0.2) is 23.6 Å². The lowest BCUT2D eigenvalue weighted by Gasteiger charge is -2.22. The van der Waals surface area contributed by atoms with E-state index in [4.69, 9.17) is 4.74 Å². The van der Waals surface area contributed by atoms with E-state index in [1.165, 1.54) is 9.71 Å². The molecule has 5 nitrogen and oxygen atoms in total. The molecule has 0 fully saturated rings. The van der Waals surface area contributed by atoms with Gasteiger partial charge in [0, 0.05) is 25.0 Å². The molecule has 1 aromatic carbocycles. The van der Waals surface area contributed by atoms with Crippen LogP contribution in [0.25, 0.3) is 17.0 Å². The third kappa shape index (κ3) is 1.56. The van der Waals surface area contributed by atoms with Gasteiger partial charge < -0.3 is 9.30 Å². The van der Waals surface area contributed by atoms with E-state index in [2.05, 4.69) is 0 Å². The maximum Gasteiger partial charge on any atom is 0.258 e. The lowest BCUT2D eigenvalue weighted by atomic mass is 10.1. The molecule has 0 amide bonds. The molecule has 19 heavy (non-hydrogen) atoms. The second-order valence-electron chi connectivity index (χ2n) is 4.49. The van der Waals surface area contributed by atoms with E-state index in [-0.39, 0.29) is 0 Å². The summed E-state index contributed by atoms with van der Waals surface area (Å²) >= 11 is 0. The average Bonchev–Trinajstić information content (AvgIpc) is 2.67. The van der Waals surface area contributed by atoms with Gasteiger partial charge >= 0.3 is 0 Å². The highest BCUT2D eigenvalue weighted by Crippen LogP contribution is 2.38. The molecule has 0 saturated heterocycles. The van der Waals surface area contributed by atoms with Crippen LogP contribution in [0.4, 0.5) is 5.82 Å². The van der Waals surface area contributed by atoms with Crippen LogP contribution in [0.1, 0.15) is 5.56 Å². The van der Waals surface area contributed by atoms with Crippen molar-refractivity contribution in [3.63, 3.8) is 0 Å². The van der Waals surface area contributed by atoms with Crippen LogP contribution in [0.5, 0.6) is 5.75 Å². The van der Waals surface area contributed by atoms with Crippen molar-refractivity contribution >= 4 is 32.8 Å². The lowest BCUT2D eigenvalue weighted by molar-refractivity contribution is 0.415. The van der Waals surface area contributed by atoms with Gasteiger partial charge in [-0.2, -0.15) is 0 Å². The number of anilines is 1. The van der Waals surface area contributed by atoms with E-state index in [0.717, 1.165) is 22.2 Å². The number of hydrogen-bond acceptors (Lipinski definition) is 3. The number of aromatic nitrogens is 1.